The number of carbonyl (C=O) groups excluding carboxylic acids is 1. The van der Waals surface area contributed by atoms with Gasteiger partial charge in [-0.3, -0.25) is 4.79 Å². The Balaban J connectivity index is 2.12. The Morgan fingerprint density at radius 2 is 1.68 bits per heavy atom. The number of anilines is 1. The average molecular weight is 403 g/mol. The van der Waals surface area contributed by atoms with Crippen molar-refractivity contribution in [1.29, 1.82) is 0 Å². The highest BCUT2D eigenvalue weighted by Crippen LogP contribution is 2.27. The molecule has 134 valence electrons. The number of benzene rings is 2. The molecule has 9 heteroatoms. The van der Waals surface area contributed by atoms with Crippen LogP contribution in [0.4, 0.5) is 5.69 Å². The molecule has 0 unspecified atom stereocenters. The van der Waals surface area contributed by atoms with E-state index in [-0.39, 0.29) is 4.90 Å². The molecule has 0 aliphatic heterocycles. The molecule has 2 aromatic carbocycles. The Labute approximate surface area is 156 Å². The largest absolute Gasteiger partial charge is 0.495 e. The molecule has 0 bridgehead atoms. The molecule has 0 saturated carbocycles. The van der Waals surface area contributed by atoms with Gasteiger partial charge in [0.1, 0.15) is 5.75 Å². The van der Waals surface area contributed by atoms with Crippen molar-refractivity contribution in [3.63, 3.8) is 0 Å². The van der Waals surface area contributed by atoms with Gasteiger partial charge in [-0.2, -0.15) is 4.72 Å². The lowest BCUT2D eigenvalue weighted by Gasteiger charge is -2.16. The van der Waals surface area contributed by atoms with Crippen molar-refractivity contribution in [1.82, 2.24) is 4.72 Å². The topological polar surface area (TPSA) is 84.5 Å². The molecule has 6 nitrogen and oxygen atoms in total. The number of hydrogen-bond acceptors (Lipinski definition) is 4. The van der Waals surface area contributed by atoms with Crippen LogP contribution in [0.2, 0.25) is 10.0 Å². The molecule has 0 heterocycles. The minimum atomic E-state index is -3.86. The maximum absolute atomic E-state index is 12.3. The quantitative estimate of drug-likeness (QED) is 0.775. The summed E-state index contributed by atoms with van der Waals surface area (Å²) in [4.78, 5) is 12.3. The van der Waals surface area contributed by atoms with Crippen LogP contribution < -0.4 is 14.8 Å². The van der Waals surface area contributed by atoms with Crippen LogP contribution in [0, 0.1) is 0 Å². The summed E-state index contributed by atoms with van der Waals surface area (Å²) >= 11 is 11.7. The monoisotopic (exact) mass is 402 g/mol. The summed E-state index contributed by atoms with van der Waals surface area (Å²) in [5, 5.41) is 3.41. The summed E-state index contributed by atoms with van der Waals surface area (Å²) in [5.74, 6) is -0.149. The lowest BCUT2D eigenvalue weighted by molar-refractivity contribution is -0.117. The van der Waals surface area contributed by atoms with Crippen LogP contribution in [0.1, 0.15) is 6.92 Å². The number of sulfonamides is 1. The Morgan fingerprint density at radius 3 is 2.28 bits per heavy atom. The zero-order chi connectivity index (χ0) is 18.6. The molecule has 0 aromatic heterocycles. The third-order valence-electron chi connectivity index (χ3n) is 3.27. The van der Waals surface area contributed by atoms with Gasteiger partial charge in [0, 0.05) is 10.0 Å². The fourth-order valence-electron chi connectivity index (χ4n) is 1.99. The molecule has 2 N–H and O–H groups in total. The number of nitrogens with one attached hydrogen (secondary N) is 2. The first-order valence-electron chi connectivity index (χ1n) is 7.15. The molecular weight excluding hydrogens is 387 g/mol. The van der Waals surface area contributed by atoms with Crippen molar-refractivity contribution in [2.24, 2.45) is 0 Å². The number of amides is 1. The normalized spacial score (nSPS) is 12.5. The molecule has 1 atom stereocenters. The van der Waals surface area contributed by atoms with Crippen molar-refractivity contribution < 1.29 is 17.9 Å². The Kier molecular flexibility index (Phi) is 6.29. The number of methoxy groups -OCH3 is 1. The molecule has 0 fully saturated rings. The second kappa shape index (κ2) is 8.05. The highest BCUT2D eigenvalue weighted by molar-refractivity contribution is 7.89. The van der Waals surface area contributed by atoms with Crippen molar-refractivity contribution in [2.75, 3.05) is 12.4 Å². The van der Waals surface area contributed by atoms with Crippen LogP contribution in [0.15, 0.2) is 47.4 Å². The standard InChI is InChI=1S/C16H16Cl2N2O4S/c1-10(20-25(22,23)13-6-3-11(17)4-7-13)16(21)19-14-9-12(18)5-8-15(14)24-2/h3-10,20H,1-2H3,(H,19,21)/t10-/m1/s1. The van der Waals surface area contributed by atoms with E-state index < -0.39 is 22.0 Å². The molecule has 1 amide bonds. The maximum Gasteiger partial charge on any atom is 0.242 e. The van der Waals surface area contributed by atoms with Gasteiger partial charge in [-0.05, 0) is 49.4 Å². The summed E-state index contributed by atoms with van der Waals surface area (Å²) in [7, 11) is -2.41. The first kappa shape index (κ1) is 19.5. The van der Waals surface area contributed by atoms with Crippen molar-refractivity contribution >= 4 is 44.8 Å². The third-order valence-corrected chi connectivity index (χ3v) is 5.31. The van der Waals surface area contributed by atoms with Gasteiger partial charge in [-0.1, -0.05) is 23.2 Å². The van der Waals surface area contributed by atoms with E-state index in [1.54, 1.807) is 12.1 Å². The lowest BCUT2D eigenvalue weighted by atomic mass is 10.2. The molecule has 0 radical (unpaired) electrons. The predicted molar refractivity (Wildman–Crippen MR) is 97.9 cm³/mol. The minimum absolute atomic E-state index is 0.0110. The van der Waals surface area contributed by atoms with Crippen molar-refractivity contribution in [3.8, 4) is 5.75 Å². The van der Waals surface area contributed by atoms with E-state index in [0.717, 1.165) is 0 Å². The van der Waals surface area contributed by atoms with Crippen LogP contribution in [-0.2, 0) is 14.8 Å². The third kappa shape index (κ3) is 5.09. The molecule has 0 aliphatic carbocycles. The Bertz CT molecular complexity index is 870. The van der Waals surface area contributed by atoms with Gasteiger partial charge in [0.15, 0.2) is 0 Å². The fraction of sp³-hybridized carbons (Fsp3) is 0.188. The number of halogens is 2. The van der Waals surface area contributed by atoms with Crippen molar-refractivity contribution in [2.45, 2.75) is 17.9 Å². The van der Waals surface area contributed by atoms with Crippen molar-refractivity contribution in [3.05, 3.63) is 52.5 Å². The first-order chi connectivity index (χ1) is 11.7. The summed E-state index contributed by atoms with van der Waals surface area (Å²) in [5.41, 5.74) is 0.345. The molecule has 0 saturated heterocycles. The number of carbonyl (C=O) groups is 1. The predicted octanol–water partition coefficient (Wildman–Crippen LogP) is 3.31. The SMILES string of the molecule is COc1ccc(Cl)cc1NC(=O)[C@@H](C)NS(=O)(=O)c1ccc(Cl)cc1. The molecule has 25 heavy (non-hydrogen) atoms. The number of ether oxygens (including phenoxy) is 1. The van der Waals surface area contributed by atoms with Gasteiger partial charge in [0.05, 0.1) is 23.7 Å². The molecule has 2 aromatic rings. The second-order valence-electron chi connectivity index (χ2n) is 5.13. The van der Waals surface area contributed by atoms with E-state index in [0.29, 0.717) is 21.5 Å². The second-order valence-corrected chi connectivity index (χ2v) is 7.72. The molecular formula is C16H16Cl2N2O4S. The summed E-state index contributed by atoms with van der Waals surface area (Å²) in [6.07, 6.45) is 0. The van der Waals surface area contributed by atoms with E-state index in [2.05, 4.69) is 10.0 Å². The zero-order valence-corrected chi connectivity index (χ0v) is 15.7. The van der Waals surface area contributed by atoms with E-state index >= 15 is 0 Å². The van der Waals surface area contributed by atoms with Crippen LogP contribution in [-0.4, -0.2) is 27.5 Å². The van der Waals surface area contributed by atoms with Crippen LogP contribution in [0.25, 0.3) is 0 Å². The van der Waals surface area contributed by atoms with Gasteiger partial charge in [0.2, 0.25) is 15.9 Å². The minimum Gasteiger partial charge on any atom is -0.495 e. The molecule has 2 rings (SSSR count). The Hall–Kier alpha value is -1.80. The van der Waals surface area contributed by atoms with Crippen LogP contribution >= 0.6 is 23.2 Å². The van der Waals surface area contributed by atoms with Crippen LogP contribution in [0.5, 0.6) is 5.75 Å². The number of hydrogen-bond donors (Lipinski definition) is 2. The van der Waals surface area contributed by atoms with Gasteiger partial charge in [-0.15, -0.1) is 0 Å². The maximum atomic E-state index is 12.3. The van der Waals surface area contributed by atoms with E-state index in [1.807, 2.05) is 0 Å². The highest BCUT2D eigenvalue weighted by atomic mass is 35.5. The summed E-state index contributed by atoms with van der Waals surface area (Å²) in [6.45, 7) is 1.43. The van der Waals surface area contributed by atoms with Gasteiger partial charge < -0.3 is 10.1 Å². The summed E-state index contributed by atoms with van der Waals surface area (Å²) < 4.78 is 32.1. The fourth-order valence-corrected chi connectivity index (χ4v) is 3.49. The lowest BCUT2D eigenvalue weighted by Crippen LogP contribution is -2.41. The number of rotatable bonds is 6. The van der Waals surface area contributed by atoms with E-state index in [1.165, 1.54) is 44.4 Å². The van der Waals surface area contributed by atoms with E-state index in [4.69, 9.17) is 27.9 Å². The molecule has 0 spiro atoms. The first-order valence-corrected chi connectivity index (χ1v) is 9.39. The zero-order valence-electron chi connectivity index (χ0n) is 13.4. The Morgan fingerprint density at radius 1 is 1.08 bits per heavy atom. The average Bonchev–Trinajstić information content (AvgIpc) is 2.55. The summed E-state index contributed by atoms with van der Waals surface area (Å²) in [6, 6.07) is 9.33. The van der Waals surface area contributed by atoms with E-state index in [9.17, 15) is 13.2 Å². The van der Waals surface area contributed by atoms with Gasteiger partial charge in [0.25, 0.3) is 0 Å². The van der Waals surface area contributed by atoms with Gasteiger partial charge >= 0.3 is 0 Å². The highest BCUT2D eigenvalue weighted by Gasteiger charge is 2.22. The molecule has 0 aliphatic rings. The van der Waals surface area contributed by atoms with Gasteiger partial charge in [-0.25, -0.2) is 8.42 Å². The smallest absolute Gasteiger partial charge is 0.242 e. The van der Waals surface area contributed by atoms with Crippen LogP contribution in [0.3, 0.4) is 0 Å².